The summed E-state index contributed by atoms with van der Waals surface area (Å²) in [5.41, 5.74) is 10.9. The van der Waals surface area contributed by atoms with Crippen molar-refractivity contribution in [3.63, 3.8) is 0 Å². The number of thiophene rings is 1. The van der Waals surface area contributed by atoms with Gasteiger partial charge in [-0.2, -0.15) is 0 Å². The van der Waals surface area contributed by atoms with Crippen LogP contribution in [0.1, 0.15) is 0 Å². The Morgan fingerprint density at radius 3 is 1.90 bits per heavy atom. The molecule has 8 aromatic carbocycles. The first kappa shape index (κ1) is 29.1. The molecule has 0 aliphatic heterocycles. The minimum absolute atomic E-state index is 0.904. The van der Waals surface area contributed by atoms with Gasteiger partial charge in [0.1, 0.15) is 5.58 Å². The Kier molecular flexibility index (Phi) is 6.42. The summed E-state index contributed by atoms with van der Waals surface area (Å²) in [4.78, 5) is 2.40. The summed E-state index contributed by atoms with van der Waals surface area (Å²) in [6, 6.07) is 65.4. The number of nitrogens with zero attached hydrogens (tertiary/aromatic N) is 2. The molecule has 0 bridgehead atoms. The Balaban J connectivity index is 1.11. The molecular weight excluding hydrogens is 653 g/mol. The fourth-order valence-electron chi connectivity index (χ4n) is 8.02. The number of aromatic nitrogens is 1. The van der Waals surface area contributed by atoms with Gasteiger partial charge in [0.25, 0.3) is 0 Å². The molecule has 0 saturated heterocycles. The lowest BCUT2D eigenvalue weighted by Gasteiger charge is -2.26. The lowest BCUT2D eigenvalue weighted by molar-refractivity contribution is 0.671. The number of anilines is 3. The molecule has 52 heavy (non-hydrogen) atoms. The highest BCUT2D eigenvalue weighted by atomic mass is 32.1. The van der Waals surface area contributed by atoms with Gasteiger partial charge in [-0.15, -0.1) is 11.3 Å². The number of hydrogen-bond donors (Lipinski definition) is 0. The summed E-state index contributed by atoms with van der Waals surface area (Å²) in [5.74, 6) is 0. The van der Waals surface area contributed by atoms with Crippen LogP contribution in [-0.4, -0.2) is 4.57 Å². The van der Waals surface area contributed by atoms with Crippen LogP contribution in [0, 0.1) is 0 Å². The zero-order valence-electron chi connectivity index (χ0n) is 28.0. The molecule has 0 unspecified atom stereocenters. The fourth-order valence-corrected chi connectivity index (χ4v) is 9.23. The summed E-state index contributed by atoms with van der Waals surface area (Å²) in [7, 11) is 0. The van der Waals surface area contributed by atoms with Gasteiger partial charge in [-0.1, -0.05) is 115 Å². The van der Waals surface area contributed by atoms with E-state index in [0.717, 1.165) is 50.0 Å². The molecule has 0 aliphatic carbocycles. The third kappa shape index (κ3) is 4.38. The molecule has 244 valence electrons. The average Bonchev–Trinajstić information content (AvgIpc) is 3.89. The second-order valence-corrected chi connectivity index (χ2v) is 14.4. The Morgan fingerprint density at radius 2 is 1.08 bits per heavy atom. The summed E-state index contributed by atoms with van der Waals surface area (Å²) in [5, 5.41) is 7.23. The van der Waals surface area contributed by atoms with E-state index < -0.39 is 0 Å². The van der Waals surface area contributed by atoms with E-state index in [1.54, 1.807) is 0 Å². The van der Waals surface area contributed by atoms with Gasteiger partial charge < -0.3 is 13.9 Å². The lowest BCUT2D eigenvalue weighted by atomic mass is 10.0. The highest BCUT2D eigenvalue weighted by Crippen LogP contribution is 2.46. The van der Waals surface area contributed by atoms with E-state index in [-0.39, 0.29) is 0 Å². The number of hydrogen-bond acceptors (Lipinski definition) is 3. The quantitative estimate of drug-likeness (QED) is 0.180. The van der Waals surface area contributed by atoms with Crippen LogP contribution in [-0.2, 0) is 0 Å². The first-order valence-corrected chi connectivity index (χ1v) is 18.4. The van der Waals surface area contributed by atoms with Gasteiger partial charge in [-0.25, -0.2) is 0 Å². The van der Waals surface area contributed by atoms with Gasteiger partial charge >= 0.3 is 0 Å². The molecule has 11 rings (SSSR count). The molecule has 0 amide bonds. The number of benzene rings is 8. The van der Waals surface area contributed by atoms with Crippen molar-refractivity contribution < 1.29 is 4.42 Å². The second kappa shape index (κ2) is 11.5. The van der Waals surface area contributed by atoms with E-state index in [1.165, 1.54) is 47.8 Å². The van der Waals surface area contributed by atoms with Crippen LogP contribution in [0.25, 0.3) is 80.7 Å². The maximum atomic E-state index is 6.61. The van der Waals surface area contributed by atoms with Crippen LogP contribution in [0.4, 0.5) is 17.1 Å². The molecule has 0 saturated carbocycles. The standard InChI is InChI=1S/C48H30N2OS/c1-2-11-31(12-3-1)32-21-23-33(24-22-32)49(43-18-10-16-41-38-15-6-9-20-45(38)52-48(41)43)34-25-27-35(28-26-34)50-42-17-7-4-13-36(42)39-29-30-40-37-14-5-8-19-44(37)51-47(40)46(39)50/h1-30H. The largest absolute Gasteiger partial charge is 0.454 e. The first-order valence-electron chi connectivity index (χ1n) is 17.6. The number of rotatable bonds is 5. The van der Waals surface area contributed by atoms with Crippen LogP contribution in [0.2, 0.25) is 0 Å². The van der Waals surface area contributed by atoms with Crippen molar-refractivity contribution in [1.29, 1.82) is 0 Å². The van der Waals surface area contributed by atoms with E-state index >= 15 is 0 Å². The minimum atomic E-state index is 0.904. The van der Waals surface area contributed by atoms with Crippen molar-refractivity contribution in [2.75, 3.05) is 4.90 Å². The van der Waals surface area contributed by atoms with Crippen LogP contribution in [0.15, 0.2) is 186 Å². The predicted octanol–water partition coefficient (Wildman–Crippen LogP) is 14.2. The smallest absolute Gasteiger partial charge is 0.160 e. The average molecular weight is 683 g/mol. The van der Waals surface area contributed by atoms with Crippen LogP contribution < -0.4 is 4.90 Å². The fraction of sp³-hybridized carbons (Fsp3) is 0. The maximum absolute atomic E-state index is 6.61. The zero-order chi connectivity index (χ0) is 34.2. The first-order chi connectivity index (χ1) is 25.8. The van der Waals surface area contributed by atoms with E-state index in [4.69, 9.17) is 4.42 Å². The van der Waals surface area contributed by atoms with Crippen molar-refractivity contribution in [2.45, 2.75) is 0 Å². The van der Waals surface area contributed by atoms with Crippen LogP contribution >= 0.6 is 11.3 Å². The van der Waals surface area contributed by atoms with Crippen molar-refractivity contribution >= 4 is 92.3 Å². The summed E-state index contributed by atoms with van der Waals surface area (Å²) in [6.07, 6.45) is 0. The Bertz CT molecular complexity index is 3110. The zero-order valence-corrected chi connectivity index (χ0v) is 28.8. The van der Waals surface area contributed by atoms with E-state index in [0.29, 0.717) is 0 Å². The molecule has 0 fully saturated rings. The number of fused-ring (bicyclic) bond motifs is 10. The van der Waals surface area contributed by atoms with Crippen molar-refractivity contribution in [3.8, 4) is 16.8 Å². The normalized spacial score (nSPS) is 11.8. The molecule has 3 nitrogen and oxygen atoms in total. The summed E-state index contributed by atoms with van der Waals surface area (Å²) >= 11 is 1.86. The molecule has 11 aromatic rings. The van der Waals surface area contributed by atoms with Gasteiger partial charge in [-0.05, 0) is 77.9 Å². The Morgan fingerprint density at radius 1 is 0.442 bits per heavy atom. The van der Waals surface area contributed by atoms with Crippen molar-refractivity contribution in [1.82, 2.24) is 4.57 Å². The van der Waals surface area contributed by atoms with Crippen molar-refractivity contribution in [2.24, 2.45) is 0 Å². The van der Waals surface area contributed by atoms with Gasteiger partial charge in [0.2, 0.25) is 0 Å². The summed E-state index contributed by atoms with van der Waals surface area (Å²) in [6.45, 7) is 0. The third-order valence-corrected chi connectivity index (χ3v) is 11.6. The van der Waals surface area contributed by atoms with Crippen molar-refractivity contribution in [3.05, 3.63) is 182 Å². The maximum Gasteiger partial charge on any atom is 0.160 e. The number of furan rings is 1. The monoisotopic (exact) mass is 682 g/mol. The molecule has 0 spiro atoms. The third-order valence-electron chi connectivity index (χ3n) is 10.4. The van der Waals surface area contributed by atoms with Gasteiger partial charge in [-0.3, -0.25) is 0 Å². The van der Waals surface area contributed by atoms with E-state index in [9.17, 15) is 0 Å². The minimum Gasteiger partial charge on any atom is -0.454 e. The predicted molar refractivity (Wildman–Crippen MR) is 221 cm³/mol. The highest BCUT2D eigenvalue weighted by molar-refractivity contribution is 7.26. The lowest BCUT2D eigenvalue weighted by Crippen LogP contribution is -2.10. The molecule has 0 radical (unpaired) electrons. The Hall–Kier alpha value is -6.62. The summed E-state index contributed by atoms with van der Waals surface area (Å²) < 4.78 is 11.5. The van der Waals surface area contributed by atoms with Crippen LogP contribution in [0.3, 0.4) is 0 Å². The van der Waals surface area contributed by atoms with Gasteiger partial charge in [0.05, 0.1) is 21.4 Å². The van der Waals surface area contributed by atoms with Gasteiger partial charge in [0, 0.05) is 54.1 Å². The number of para-hydroxylation sites is 2. The molecule has 4 heteroatoms. The van der Waals surface area contributed by atoms with Gasteiger partial charge in [0.15, 0.2) is 5.58 Å². The molecule has 0 atom stereocenters. The highest BCUT2D eigenvalue weighted by Gasteiger charge is 2.21. The van der Waals surface area contributed by atoms with E-state index in [1.807, 2.05) is 17.4 Å². The van der Waals surface area contributed by atoms with E-state index in [2.05, 4.69) is 185 Å². The van der Waals surface area contributed by atoms with Crippen LogP contribution in [0.5, 0.6) is 0 Å². The molecule has 3 aromatic heterocycles. The SMILES string of the molecule is c1ccc(-c2ccc(N(c3ccc(-n4c5ccccc5c5ccc6c7ccccc7oc6c54)cc3)c3cccc4c3sc3ccccc34)cc2)cc1. The topological polar surface area (TPSA) is 21.3 Å². The molecule has 0 aliphatic rings. The second-order valence-electron chi connectivity index (χ2n) is 13.3. The molecule has 3 heterocycles. The molecule has 0 N–H and O–H groups in total. The Labute approximate surface area is 303 Å². The molecular formula is C48H30N2OS.